The van der Waals surface area contributed by atoms with Gasteiger partial charge in [0.15, 0.2) is 5.60 Å². The van der Waals surface area contributed by atoms with Crippen molar-refractivity contribution in [2.45, 2.75) is 57.2 Å². The molecule has 1 saturated carbocycles. The molecule has 11 heteroatoms. The summed E-state index contributed by atoms with van der Waals surface area (Å²) in [5.41, 5.74) is -2.74. The van der Waals surface area contributed by atoms with Crippen LogP contribution in [-0.2, 0) is 14.4 Å². The summed E-state index contributed by atoms with van der Waals surface area (Å²) in [5.74, 6) is -5.02. The number of hydrogen-bond donors (Lipinski definition) is 5. The smallest absolute Gasteiger partial charge is 0.336 e. The summed E-state index contributed by atoms with van der Waals surface area (Å²) in [6.07, 6.45) is 0.00924. The number of carbonyl (C=O) groups is 4. The zero-order valence-corrected chi connectivity index (χ0v) is 16.7. The van der Waals surface area contributed by atoms with Crippen LogP contribution in [0.2, 0.25) is 0 Å². The van der Waals surface area contributed by atoms with Crippen molar-refractivity contribution in [3.63, 3.8) is 0 Å². The van der Waals surface area contributed by atoms with Gasteiger partial charge >= 0.3 is 23.9 Å². The van der Waals surface area contributed by atoms with E-state index in [0.29, 0.717) is 12.1 Å². The number of nitrogens with zero attached hydrogens (tertiary/aromatic N) is 2. The van der Waals surface area contributed by atoms with Gasteiger partial charge in [0, 0.05) is 25.2 Å². The normalized spacial score (nSPS) is 18.4. The fourth-order valence-corrected chi connectivity index (χ4v) is 2.74. The number of aliphatic hydroxyl groups is 1. The Hall–Kier alpha value is -2.40. The first kappa shape index (κ1) is 25.6. The first-order valence-corrected chi connectivity index (χ1v) is 8.99. The summed E-state index contributed by atoms with van der Waals surface area (Å²) in [4.78, 5) is 46.3. The Balaban J connectivity index is 0.000000528. The maximum Gasteiger partial charge on any atom is 0.336 e. The van der Waals surface area contributed by atoms with Gasteiger partial charge in [-0.3, -0.25) is 9.59 Å². The molecule has 0 bridgehead atoms. The van der Waals surface area contributed by atoms with Crippen LogP contribution < -0.4 is 5.32 Å². The second kappa shape index (κ2) is 11.4. The molecule has 1 aliphatic carbocycles. The van der Waals surface area contributed by atoms with Crippen LogP contribution >= 0.6 is 0 Å². The van der Waals surface area contributed by atoms with Crippen LogP contribution in [0.25, 0.3) is 0 Å². The molecular formula is C17H31N3O8. The fourth-order valence-electron chi connectivity index (χ4n) is 2.74. The molecule has 5 N–H and O–H groups in total. The third-order valence-corrected chi connectivity index (χ3v) is 4.55. The van der Waals surface area contributed by atoms with Gasteiger partial charge in [0.25, 0.3) is 0 Å². The molecule has 0 aromatic rings. The van der Waals surface area contributed by atoms with E-state index in [0.717, 1.165) is 19.5 Å². The Kier molecular flexibility index (Phi) is 10.5. The molecule has 1 fully saturated rings. The molecule has 162 valence electrons. The molecule has 0 unspecified atom stereocenters. The lowest BCUT2D eigenvalue weighted by Crippen LogP contribution is -2.58. The van der Waals surface area contributed by atoms with Crippen molar-refractivity contribution >= 4 is 23.9 Å². The van der Waals surface area contributed by atoms with Crippen LogP contribution in [0.15, 0.2) is 0 Å². The molecule has 0 aliphatic heterocycles. The van der Waals surface area contributed by atoms with Gasteiger partial charge in [0.1, 0.15) is 0 Å². The monoisotopic (exact) mass is 405 g/mol. The standard InChI is InChI=1S/C11H23N3O.C6H8O7/c1-5-14(6-2)11(15)12-9-7-8-10(9)13(3)4;7-3(8)1-6(13,5(11)12)2-4(9)10/h9-10H,5-8H2,1-4H3,(H,12,15);13H,1-2H2,(H,7,8)(H,9,10)(H,11,12)/t9-,10-;/m0./s1. The van der Waals surface area contributed by atoms with Gasteiger partial charge in [0.2, 0.25) is 0 Å². The van der Waals surface area contributed by atoms with Crippen LogP contribution in [0.4, 0.5) is 4.79 Å². The lowest BCUT2D eigenvalue weighted by molar-refractivity contribution is -0.170. The maximum absolute atomic E-state index is 11.8. The lowest BCUT2D eigenvalue weighted by Gasteiger charge is -2.42. The van der Waals surface area contributed by atoms with E-state index in [9.17, 15) is 19.2 Å². The highest BCUT2D eigenvalue weighted by Gasteiger charge is 2.40. The Bertz CT molecular complexity index is 547. The summed E-state index contributed by atoms with van der Waals surface area (Å²) in [6.45, 7) is 5.57. The van der Waals surface area contributed by atoms with Crippen molar-refractivity contribution in [3.8, 4) is 0 Å². The summed E-state index contributed by atoms with van der Waals surface area (Å²) in [6, 6.07) is 0.939. The minimum atomic E-state index is -2.74. The molecule has 2 amide bonds. The second-order valence-electron chi connectivity index (χ2n) is 6.81. The Labute approximate surface area is 163 Å². The zero-order chi connectivity index (χ0) is 22.1. The topological polar surface area (TPSA) is 168 Å². The third kappa shape index (κ3) is 8.09. The minimum Gasteiger partial charge on any atom is -0.481 e. The molecule has 0 radical (unpaired) electrons. The molecule has 0 saturated heterocycles. The highest BCUT2D eigenvalue weighted by atomic mass is 16.4. The molecule has 0 spiro atoms. The summed E-state index contributed by atoms with van der Waals surface area (Å²) in [7, 11) is 4.14. The van der Waals surface area contributed by atoms with Crippen molar-refractivity contribution in [2.75, 3.05) is 27.2 Å². The van der Waals surface area contributed by atoms with Crippen molar-refractivity contribution in [1.29, 1.82) is 0 Å². The molecule has 1 rings (SSSR count). The van der Waals surface area contributed by atoms with Gasteiger partial charge in [-0.05, 0) is 40.8 Å². The number of carboxylic acids is 3. The number of nitrogens with one attached hydrogen (secondary N) is 1. The molecule has 0 aromatic heterocycles. The number of hydrogen-bond acceptors (Lipinski definition) is 6. The van der Waals surface area contributed by atoms with Gasteiger partial charge in [-0.1, -0.05) is 0 Å². The van der Waals surface area contributed by atoms with Crippen molar-refractivity contribution in [3.05, 3.63) is 0 Å². The highest BCUT2D eigenvalue weighted by Crippen LogP contribution is 2.23. The summed E-state index contributed by atoms with van der Waals surface area (Å²) >= 11 is 0. The average Bonchev–Trinajstić information content (AvgIpc) is 2.51. The van der Waals surface area contributed by atoms with Crippen LogP contribution in [-0.4, -0.2) is 99.0 Å². The van der Waals surface area contributed by atoms with Gasteiger partial charge in [-0.15, -0.1) is 0 Å². The number of carboxylic acid groups (broad SMARTS) is 3. The molecule has 28 heavy (non-hydrogen) atoms. The quantitative estimate of drug-likeness (QED) is 0.351. The van der Waals surface area contributed by atoms with Crippen molar-refractivity contribution < 1.29 is 39.6 Å². The number of aliphatic carboxylic acids is 3. The summed E-state index contributed by atoms with van der Waals surface area (Å²) < 4.78 is 0. The predicted molar refractivity (Wildman–Crippen MR) is 99.0 cm³/mol. The number of carbonyl (C=O) groups excluding carboxylic acids is 1. The summed E-state index contributed by atoms with van der Waals surface area (Å²) in [5, 5.41) is 36.9. The number of amides is 2. The number of likely N-dealkylation sites (N-methyl/N-ethyl adjacent to an activating group) is 1. The number of rotatable bonds is 9. The Morgan fingerprint density at radius 2 is 1.43 bits per heavy atom. The van der Waals surface area contributed by atoms with E-state index in [2.05, 4.69) is 24.3 Å². The second-order valence-corrected chi connectivity index (χ2v) is 6.81. The van der Waals surface area contributed by atoms with E-state index in [1.54, 1.807) is 0 Å². The van der Waals surface area contributed by atoms with Gasteiger partial charge < -0.3 is 35.5 Å². The fraction of sp³-hybridized carbons (Fsp3) is 0.765. The zero-order valence-electron chi connectivity index (χ0n) is 16.7. The Morgan fingerprint density at radius 3 is 1.68 bits per heavy atom. The van der Waals surface area contributed by atoms with Gasteiger partial charge in [-0.25, -0.2) is 9.59 Å². The van der Waals surface area contributed by atoms with Crippen LogP contribution in [0.3, 0.4) is 0 Å². The lowest BCUT2D eigenvalue weighted by atomic mass is 9.85. The van der Waals surface area contributed by atoms with Gasteiger partial charge in [0.05, 0.1) is 12.8 Å². The molecule has 11 nitrogen and oxygen atoms in total. The highest BCUT2D eigenvalue weighted by molar-refractivity contribution is 5.88. The van der Waals surface area contributed by atoms with E-state index >= 15 is 0 Å². The maximum atomic E-state index is 11.8. The minimum absolute atomic E-state index is 0.0801. The van der Waals surface area contributed by atoms with Crippen molar-refractivity contribution in [1.82, 2.24) is 15.1 Å². The van der Waals surface area contributed by atoms with E-state index in [-0.39, 0.29) is 6.03 Å². The molecule has 2 atom stereocenters. The molecule has 1 aliphatic rings. The van der Waals surface area contributed by atoms with Crippen LogP contribution in [0.1, 0.15) is 39.5 Å². The SMILES string of the molecule is CCN(CC)C(=O)N[C@H]1CC[C@@H]1N(C)C.O=C(O)CC(O)(CC(=O)O)C(=O)O. The van der Waals surface area contributed by atoms with E-state index < -0.39 is 36.4 Å². The average molecular weight is 405 g/mol. The largest absolute Gasteiger partial charge is 0.481 e. The molecule has 0 aromatic carbocycles. The Morgan fingerprint density at radius 1 is 0.964 bits per heavy atom. The first-order chi connectivity index (χ1) is 12.9. The van der Waals surface area contributed by atoms with Crippen molar-refractivity contribution in [2.24, 2.45) is 0 Å². The van der Waals surface area contributed by atoms with E-state index in [1.165, 1.54) is 6.42 Å². The van der Waals surface area contributed by atoms with Gasteiger partial charge in [-0.2, -0.15) is 0 Å². The molecular weight excluding hydrogens is 374 g/mol. The number of urea groups is 1. The molecule has 0 heterocycles. The predicted octanol–water partition coefficient (Wildman–Crippen LogP) is -0.118. The van der Waals surface area contributed by atoms with E-state index in [4.69, 9.17) is 20.4 Å². The van der Waals surface area contributed by atoms with Crippen LogP contribution in [0.5, 0.6) is 0 Å². The van der Waals surface area contributed by atoms with Crippen LogP contribution in [0, 0.1) is 0 Å². The van der Waals surface area contributed by atoms with E-state index in [1.807, 2.05) is 18.7 Å². The first-order valence-electron chi connectivity index (χ1n) is 8.99. The third-order valence-electron chi connectivity index (χ3n) is 4.55.